The van der Waals surface area contributed by atoms with Crippen molar-refractivity contribution < 1.29 is 27.6 Å². The molecule has 5 nitrogen and oxygen atoms in total. The minimum atomic E-state index is -0.555. The Bertz CT molecular complexity index is 1050. The van der Waals surface area contributed by atoms with E-state index in [0.29, 0.717) is 19.5 Å². The van der Waals surface area contributed by atoms with E-state index in [1.165, 1.54) is 16.7 Å². The van der Waals surface area contributed by atoms with E-state index in [1.54, 1.807) is 0 Å². The van der Waals surface area contributed by atoms with Gasteiger partial charge in [-0.2, -0.15) is 5.10 Å². The lowest BCUT2D eigenvalue weighted by molar-refractivity contribution is -0.693. The Morgan fingerprint density at radius 2 is 1.75 bits per heavy atom. The molecule has 2 unspecified atom stereocenters. The van der Waals surface area contributed by atoms with E-state index in [4.69, 9.17) is 0 Å². The maximum absolute atomic E-state index is 12.9. The number of nitrogens with zero attached hydrogens (tertiary/aromatic N) is 2. The van der Waals surface area contributed by atoms with Crippen LogP contribution in [0.2, 0.25) is 0 Å². The highest BCUT2D eigenvalue weighted by Crippen LogP contribution is 2.18. The van der Waals surface area contributed by atoms with Gasteiger partial charge in [0.05, 0.1) is 30.8 Å². The predicted octanol–water partition coefficient (Wildman–Crippen LogP) is 0.427. The number of halogens is 1. The van der Waals surface area contributed by atoms with Crippen molar-refractivity contribution in [3.8, 4) is 0 Å². The number of aryl methyl sites for hydroxylation is 3. The second-order valence-electron chi connectivity index (χ2n) is 8.53. The minimum absolute atomic E-state index is 0. The third kappa shape index (κ3) is 6.06. The van der Waals surface area contributed by atoms with Gasteiger partial charge >= 0.3 is 0 Å². The van der Waals surface area contributed by atoms with Gasteiger partial charge in [-0.1, -0.05) is 48.5 Å². The predicted molar refractivity (Wildman–Crippen MR) is 123 cm³/mol. The zero-order chi connectivity index (χ0) is 22.5. The van der Waals surface area contributed by atoms with Gasteiger partial charge in [0.1, 0.15) is 12.1 Å². The van der Waals surface area contributed by atoms with Crippen LogP contribution in [-0.4, -0.2) is 33.3 Å². The van der Waals surface area contributed by atoms with Crippen molar-refractivity contribution in [2.45, 2.75) is 59.7 Å². The monoisotopic (exact) mass is 455 g/mol. The molecule has 1 heterocycles. The Morgan fingerprint density at radius 3 is 2.41 bits per heavy atom. The summed E-state index contributed by atoms with van der Waals surface area (Å²) in [5.41, 5.74) is 7.05. The molecule has 0 saturated heterocycles. The van der Waals surface area contributed by atoms with Gasteiger partial charge in [-0.25, -0.2) is 0 Å². The summed E-state index contributed by atoms with van der Waals surface area (Å²) >= 11 is 0. The Labute approximate surface area is 197 Å². The number of quaternary nitrogens is 1. The van der Waals surface area contributed by atoms with Gasteiger partial charge in [-0.15, -0.1) is 0 Å². The first kappa shape index (κ1) is 25.8. The van der Waals surface area contributed by atoms with Gasteiger partial charge in [0.15, 0.2) is 5.78 Å². The number of carbonyl (C=O) groups is 1. The number of ketones is 1. The second-order valence-corrected chi connectivity index (χ2v) is 8.53. The molecule has 0 aliphatic heterocycles. The molecule has 3 rings (SSSR count). The van der Waals surface area contributed by atoms with E-state index < -0.39 is 6.10 Å². The van der Waals surface area contributed by atoms with Crippen LogP contribution in [0.4, 0.5) is 0 Å². The fourth-order valence-electron chi connectivity index (χ4n) is 4.01. The van der Waals surface area contributed by atoms with Gasteiger partial charge in [0.2, 0.25) is 0 Å². The number of hydrogen-bond acceptors (Lipinski definition) is 3. The maximum Gasteiger partial charge on any atom is 0.172 e. The molecule has 0 aliphatic carbocycles. The SMILES string of the molecule is Cc1ccc(Cn2nc(C)c(C(=O)CC[NH2+]C(C)C(O)c3ccccc3)c2C)cc1C.[Cl-]. The Balaban J connectivity index is 0.00000363. The Morgan fingerprint density at radius 1 is 1.06 bits per heavy atom. The number of aliphatic hydroxyl groups excluding tert-OH is 1. The number of benzene rings is 2. The normalized spacial score (nSPS) is 12.8. The largest absolute Gasteiger partial charge is 1.00 e. The molecule has 0 fully saturated rings. The topological polar surface area (TPSA) is 71.7 Å². The molecule has 0 aliphatic rings. The fraction of sp³-hybridized carbons (Fsp3) is 0.385. The third-order valence-corrected chi connectivity index (χ3v) is 6.11. The standard InChI is InChI=1S/C26H33N3O2.ClH/c1-17-11-12-22(15-18(17)2)16-29-21(5)25(19(3)28-29)24(30)13-14-27-20(4)26(31)23-9-7-6-8-10-23;/h6-12,15,20,26-27,31H,13-14,16H2,1-5H3;1H. The number of Topliss-reactive ketones (excluding diaryl/α,β-unsaturated/α-hetero) is 1. The number of hydrogen-bond donors (Lipinski definition) is 2. The summed E-state index contributed by atoms with van der Waals surface area (Å²) in [6.07, 6.45) is -0.136. The number of rotatable bonds is 9. The summed E-state index contributed by atoms with van der Waals surface area (Å²) in [4.78, 5) is 12.9. The summed E-state index contributed by atoms with van der Waals surface area (Å²) in [5, 5.41) is 17.2. The molecule has 1 aromatic heterocycles. The van der Waals surface area contributed by atoms with E-state index in [0.717, 1.165) is 22.5 Å². The van der Waals surface area contributed by atoms with Gasteiger partial charge < -0.3 is 22.8 Å². The van der Waals surface area contributed by atoms with E-state index in [1.807, 2.05) is 61.1 Å². The summed E-state index contributed by atoms with van der Waals surface area (Å²) in [6.45, 7) is 11.4. The molecule has 3 N–H and O–H groups in total. The van der Waals surface area contributed by atoms with Crippen LogP contribution in [0.3, 0.4) is 0 Å². The lowest BCUT2D eigenvalue weighted by Crippen LogP contribution is -3.00. The minimum Gasteiger partial charge on any atom is -1.00 e. The van der Waals surface area contributed by atoms with Crippen molar-refractivity contribution in [2.75, 3.05) is 6.54 Å². The van der Waals surface area contributed by atoms with Crippen molar-refractivity contribution in [1.82, 2.24) is 9.78 Å². The van der Waals surface area contributed by atoms with E-state index in [9.17, 15) is 9.90 Å². The van der Waals surface area contributed by atoms with Crippen LogP contribution in [0.5, 0.6) is 0 Å². The van der Waals surface area contributed by atoms with Crippen LogP contribution in [0.15, 0.2) is 48.5 Å². The van der Waals surface area contributed by atoms with Crippen molar-refractivity contribution in [2.24, 2.45) is 0 Å². The zero-order valence-corrected chi connectivity index (χ0v) is 20.4. The molecule has 3 aromatic rings. The van der Waals surface area contributed by atoms with Crippen molar-refractivity contribution >= 4 is 5.78 Å². The molecule has 0 amide bonds. The molecule has 172 valence electrons. The van der Waals surface area contributed by atoms with Crippen LogP contribution in [0.1, 0.15) is 63.4 Å². The highest BCUT2D eigenvalue weighted by Gasteiger charge is 2.22. The number of aromatic nitrogens is 2. The molecule has 0 saturated carbocycles. The van der Waals surface area contributed by atoms with Crippen molar-refractivity contribution in [1.29, 1.82) is 0 Å². The Kier molecular flexibility index (Phi) is 9.20. The third-order valence-electron chi connectivity index (χ3n) is 6.11. The first-order valence-electron chi connectivity index (χ1n) is 11.0. The molecule has 32 heavy (non-hydrogen) atoms. The number of carbonyl (C=O) groups excluding carboxylic acids is 1. The summed E-state index contributed by atoms with van der Waals surface area (Å²) < 4.78 is 1.93. The molecule has 0 radical (unpaired) electrons. The van der Waals surface area contributed by atoms with Crippen LogP contribution in [-0.2, 0) is 6.54 Å². The number of aliphatic hydroxyl groups is 1. The average Bonchev–Trinajstić information content (AvgIpc) is 3.03. The molecule has 2 aromatic carbocycles. The second kappa shape index (κ2) is 11.4. The summed E-state index contributed by atoms with van der Waals surface area (Å²) in [6, 6.07) is 16.1. The molecular formula is C26H34ClN3O2. The Hall–Kier alpha value is -2.47. The fourth-order valence-corrected chi connectivity index (χ4v) is 4.01. The van der Waals surface area contributed by atoms with E-state index in [2.05, 4.69) is 37.1 Å². The van der Waals surface area contributed by atoms with E-state index >= 15 is 0 Å². The highest BCUT2D eigenvalue weighted by atomic mass is 35.5. The van der Waals surface area contributed by atoms with Crippen LogP contribution in [0, 0.1) is 27.7 Å². The van der Waals surface area contributed by atoms with Gasteiger partial charge in [-0.3, -0.25) is 9.48 Å². The van der Waals surface area contributed by atoms with Gasteiger partial charge in [-0.05, 0) is 56.9 Å². The summed E-state index contributed by atoms with van der Waals surface area (Å²) in [7, 11) is 0. The van der Waals surface area contributed by atoms with Crippen molar-refractivity contribution in [3.63, 3.8) is 0 Å². The lowest BCUT2D eigenvalue weighted by atomic mass is 10.0. The molecule has 0 spiro atoms. The van der Waals surface area contributed by atoms with E-state index in [-0.39, 0.29) is 24.2 Å². The smallest absolute Gasteiger partial charge is 0.172 e. The number of nitrogens with two attached hydrogens (primary N) is 1. The maximum atomic E-state index is 12.9. The van der Waals surface area contributed by atoms with Gasteiger partial charge in [0, 0.05) is 5.69 Å². The summed E-state index contributed by atoms with van der Waals surface area (Å²) in [5.74, 6) is 0.110. The quantitative estimate of drug-likeness (QED) is 0.459. The van der Waals surface area contributed by atoms with Crippen LogP contribution < -0.4 is 17.7 Å². The zero-order valence-electron chi connectivity index (χ0n) is 19.6. The lowest BCUT2D eigenvalue weighted by Gasteiger charge is -2.17. The molecule has 2 atom stereocenters. The van der Waals surface area contributed by atoms with Crippen molar-refractivity contribution in [3.05, 3.63) is 87.7 Å². The molecular weight excluding hydrogens is 422 g/mol. The molecule has 0 bridgehead atoms. The van der Waals surface area contributed by atoms with Crippen LogP contribution >= 0.6 is 0 Å². The molecule has 6 heteroatoms. The first-order chi connectivity index (χ1) is 14.8. The highest BCUT2D eigenvalue weighted by molar-refractivity contribution is 5.98. The first-order valence-corrected chi connectivity index (χ1v) is 11.0. The van der Waals surface area contributed by atoms with Gasteiger partial charge in [0.25, 0.3) is 0 Å². The van der Waals surface area contributed by atoms with Crippen LogP contribution in [0.25, 0.3) is 0 Å². The average molecular weight is 456 g/mol.